The lowest BCUT2D eigenvalue weighted by Crippen LogP contribution is -2.25. The second kappa shape index (κ2) is 9.95. The maximum absolute atomic E-state index is 5.72. The van der Waals surface area contributed by atoms with Crippen molar-refractivity contribution in [1.82, 2.24) is 4.90 Å². The molecule has 0 fully saturated rings. The van der Waals surface area contributed by atoms with Gasteiger partial charge in [0.25, 0.3) is 0 Å². The lowest BCUT2D eigenvalue weighted by molar-refractivity contribution is 0.250. The Kier molecular flexibility index (Phi) is 8.56. The fourth-order valence-corrected chi connectivity index (χ4v) is 2.79. The van der Waals surface area contributed by atoms with Crippen LogP contribution >= 0.6 is 0 Å². The van der Waals surface area contributed by atoms with Crippen molar-refractivity contribution in [2.24, 2.45) is 17.6 Å². The van der Waals surface area contributed by atoms with Crippen LogP contribution in [0.25, 0.3) is 0 Å². The van der Waals surface area contributed by atoms with Gasteiger partial charge in [0.15, 0.2) is 0 Å². The van der Waals surface area contributed by atoms with Crippen molar-refractivity contribution in [3.8, 4) is 0 Å². The molecule has 0 amide bonds. The Morgan fingerprint density at radius 3 is 2.35 bits per heavy atom. The van der Waals surface area contributed by atoms with Gasteiger partial charge in [0.05, 0.1) is 0 Å². The van der Waals surface area contributed by atoms with E-state index < -0.39 is 0 Å². The zero-order valence-electron chi connectivity index (χ0n) is 13.5. The second-order valence-corrected chi connectivity index (χ2v) is 6.08. The predicted molar refractivity (Wildman–Crippen MR) is 88.6 cm³/mol. The summed E-state index contributed by atoms with van der Waals surface area (Å²) in [6, 6.07) is 10.8. The lowest BCUT2D eigenvalue weighted by Gasteiger charge is -2.24. The van der Waals surface area contributed by atoms with Gasteiger partial charge in [-0.2, -0.15) is 0 Å². The lowest BCUT2D eigenvalue weighted by atomic mass is 9.88. The van der Waals surface area contributed by atoms with E-state index in [9.17, 15) is 0 Å². The third-order valence-corrected chi connectivity index (χ3v) is 4.23. The molecular formula is C18H32N2. The zero-order valence-corrected chi connectivity index (χ0v) is 13.5. The average Bonchev–Trinajstić information content (AvgIpc) is 2.46. The van der Waals surface area contributed by atoms with Gasteiger partial charge in [-0.15, -0.1) is 0 Å². The van der Waals surface area contributed by atoms with Gasteiger partial charge in [0.2, 0.25) is 0 Å². The van der Waals surface area contributed by atoms with Gasteiger partial charge in [-0.3, -0.25) is 4.90 Å². The first kappa shape index (κ1) is 17.2. The number of nitrogens with zero attached hydrogens (tertiary/aromatic N) is 1. The molecule has 0 aromatic heterocycles. The predicted octanol–water partition coefficient (Wildman–Crippen LogP) is 3.91. The van der Waals surface area contributed by atoms with Crippen molar-refractivity contribution in [3.05, 3.63) is 35.9 Å². The highest BCUT2D eigenvalue weighted by Crippen LogP contribution is 2.20. The topological polar surface area (TPSA) is 29.3 Å². The first-order chi connectivity index (χ1) is 9.67. The van der Waals surface area contributed by atoms with E-state index in [1.165, 1.54) is 31.4 Å². The van der Waals surface area contributed by atoms with Gasteiger partial charge < -0.3 is 5.73 Å². The summed E-state index contributed by atoms with van der Waals surface area (Å²) in [5.74, 6) is 1.54. The van der Waals surface area contributed by atoms with Crippen molar-refractivity contribution in [2.45, 2.75) is 46.6 Å². The maximum Gasteiger partial charge on any atom is 0.0233 e. The Morgan fingerprint density at radius 2 is 1.80 bits per heavy atom. The van der Waals surface area contributed by atoms with Crippen LogP contribution in [0.15, 0.2) is 30.3 Å². The molecule has 1 aromatic rings. The quantitative estimate of drug-likeness (QED) is 0.702. The molecule has 1 atom stereocenters. The zero-order chi connectivity index (χ0) is 14.8. The first-order valence-corrected chi connectivity index (χ1v) is 8.13. The molecule has 2 nitrogen and oxygen atoms in total. The average molecular weight is 276 g/mol. The number of hydrogen-bond acceptors (Lipinski definition) is 2. The van der Waals surface area contributed by atoms with E-state index >= 15 is 0 Å². The third-order valence-electron chi connectivity index (χ3n) is 4.23. The fraction of sp³-hybridized carbons (Fsp3) is 0.667. The third kappa shape index (κ3) is 6.53. The van der Waals surface area contributed by atoms with E-state index in [2.05, 4.69) is 56.0 Å². The summed E-state index contributed by atoms with van der Waals surface area (Å²) in [5.41, 5.74) is 7.13. The maximum atomic E-state index is 5.72. The molecule has 0 aliphatic heterocycles. The van der Waals surface area contributed by atoms with E-state index in [1.807, 2.05) is 0 Å². The van der Waals surface area contributed by atoms with Gasteiger partial charge in [0.1, 0.15) is 0 Å². The Bertz CT molecular complexity index is 335. The van der Waals surface area contributed by atoms with Crippen molar-refractivity contribution >= 4 is 0 Å². The van der Waals surface area contributed by atoms with Crippen LogP contribution in [0.5, 0.6) is 0 Å². The Hall–Kier alpha value is -0.860. The van der Waals surface area contributed by atoms with Gasteiger partial charge >= 0.3 is 0 Å². The van der Waals surface area contributed by atoms with Gasteiger partial charge in [0, 0.05) is 6.54 Å². The number of nitrogens with two attached hydrogens (primary N) is 1. The van der Waals surface area contributed by atoms with Crippen LogP contribution < -0.4 is 5.73 Å². The minimum absolute atomic E-state index is 0.753. The highest BCUT2D eigenvalue weighted by molar-refractivity contribution is 5.14. The van der Waals surface area contributed by atoms with Gasteiger partial charge in [-0.25, -0.2) is 0 Å². The smallest absolute Gasteiger partial charge is 0.0233 e. The molecule has 1 rings (SSSR count). The molecule has 0 spiro atoms. The summed E-state index contributed by atoms with van der Waals surface area (Å²) < 4.78 is 0. The SMILES string of the molecule is CCN(CCCC(CCN)C(C)C)Cc1ccccc1. The number of hydrogen-bond donors (Lipinski definition) is 1. The van der Waals surface area contributed by atoms with Crippen molar-refractivity contribution in [2.75, 3.05) is 19.6 Å². The van der Waals surface area contributed by atoms with Crippen LogP contribution in [-0.4, -0.2) is 24.5 Å². The Balaban J connectivity index is 2.34. The van der Waals surface area contributed by atoms with Crippen molar-refractivity contribution < 1.29 is 0 Å². The van der Waals surface area contributed by atoms with Gasteiger partial charge in [-0.1, -0.05) is 51.1 Å². The van der Waals surface area contributed by atoms with E-state index in [1.54, 1.807) is 0 Å². The van der Waals surface area contributed by atoms with Crippen molar-refractivity contribution in [1.29, 1.82) is 0 Å². The molecule has 1 aromatic carbocycles. The van der Waals surface area contributed by atoms with Crippen molar-refractivity contribution in [3.63, 3.8) is 0 Å². The van der Waals surface area contributed by atoms with E-state index in [-0.39, 0.29) is 0 Å². The molecule has 0 aliphatic rings. The number of rotatable bonds is 10. The fourth-order valence-electron chi connectivity index (χ4n) is 2.79. The summed E-state index contributed by atoms with van der Waals surface area (Å²) in [6.07, 6.45) is 3.76. The minimum atomic E-state index is 0.753. The molecule has 2 N–H and O–H groups in total. The molecule has 20 heavy (non-hydrogen) atoms. The molecule has 2 heteroatoms. The monoisotopic (exact) mass is 276 g/mol. The summed E-state index contributed by atoms with van der Waals surface area (Å²) in [7, 11) is 0. The summed E-state index contributed by atoms with van der Waals surface area (Å²) >= 11 is 0. The molecular weight excluding hydrogens is 244 g/mol. The largest absolute Gasteiger partial charge is 0.330 e. The Labute approximate surface area is 125 Å². The van der Waals surface area contributed by atoms with Gasteiger partial charge in [-0.05, 0) is 56.3 Å². The molecule has 0 aliphatic carbocycles. The molecule has 0 bridgehead atoms. The van der Waals surface area contributed by atoms with Crippen LogP contribution in [-0.2, 0) is 6.54 Å². The normalized spacial score (nSPS) is 13.1. The molecule has 0 heterocycles. The van der Waals surface area contributed by atoms with Crippen LogP contribution in [0.2, 0.25) is 0 Å². The molecule has 0 saturated heterocycles. The van der Waals surface area contributed by atoms with Crippen LogP contribution in [0.4, 0.5) is 0 Å². The number of benzene rings is 1. The summed E-state index contributed by atoms with van der Waals surface area (Å²) in [5, 5.41) is 0. The van der Waals surface area contributed by atoms with E-state index in [0.29, 0.717) is 0 Å². The van der Waals surface area contributed by atoms with E-state index in [0.717, 1.165) is 31.5 Å². The van der Waals surface area contributed by atoms with E-state index in [4.69, 9.17) is 5.73 Å². The second-order valence-electron chi connectivity index (χ2n) is 6.08. The Morgan fingerprint density at radius 1 is 1.10 bits per heavy atom. The minimum Gasteiger partial charge on any atom is -0.330 e. The first-order valence-electron chi connectivity index (χ1n) is 8.13. The standard InChI is InChI=1S/C18H32N2/c1-4-20(15-17-9-6-5-7-10-17)14-8-11-18(12-13-19)16(2)3/h5-7,9-10,16,18H,4,8,11-15,19H2,1-3H3. The molecule has 1 unspecified atom stereocenters. The van der Waals surface area contributed by atoms with Crippen LogP contribution in [0.1, 0.15) is 45.6 Å². The molecule has 114 valence electrons. The summed E-state index contributed by atoms with van der Waals surface area (Å²) in [4.78, 5) is 2.54. The molecule has 0 radical (unpaired) electrons. The summed E-state index contributed by atoms with van der Waals surface area (Å²) in [6.45, 7) is 11.1. The molecule has 0 saturated carbocycles. The van der Waals surface area contributed by atoms with Crippen LogP contribution in [0.3, 0.4) is 0 Å². The highest BCUT2D eigenvalue weighted by atomic mass is 15.1. The highest BCUT2D eigenvalue weighted by Gasteiger charge is 2.13. The van der Waals surface area contributed by atoms with Crippen LogP contribution in [0, 0.1) is 11.8 Å².